The van der Waals surface area contributed by atoms with Gasteiger partial charge in [-0.15, -0.1) is 0 Å². The molecule has 0 amide bonds. The second-order valence-corrected chi connectivity index (χ2v) is 6.74. The molecule has 1 N–H and O–H groups in total. The minimum Gasteiger partial charge on any atom is -0.476 e. The predicted octanol–water partition coefficient (Wildman–Crippen LogP) is 5.31. The number of aromatic amines is 1. The molecule has 1 heterocycles. The fourth-order valence-corrected chi connectivity index (χ4v) is 2.82. The van der Waals surface area contributed by atoms with Crippen LogP contribution in [-0.2, 0) is 12.8 Å². The van der Waals surface area contributed by atoms with E-state index in [-0.39, 0.29) is 18.9 Å². The van der Waals surface area contributed by atoms with Crippen molar-refractivity contribution in [3.63, 3.8) is 0 Å². The van der Waals surface area contributed by atoms with Gasteiger partial charge in [0, 0.05) is 12.0 Å². The Hall–Kier alpha value is -2.90. The van der Waals surface area contributed by atoms with Crippen LogP contribution < -0.4 is 10.4 Å². The van der Waals surface area contributed by atoms with E-state index in [0.29, 0.717) is 24.8 Å². The quantitative estimate of drug-likeness (QED) is 0.439. The van der Waals surface area contributed by atoms with Gasteiger partial charge in [-0.1, -0.05) is 49.8 Å². The Morgan fingerprint density at radius 3 is 2.47 bits per heavy atom. The van der Waals surface area contributed by atoms with Crippen molar-refractivity contribution in [2.45, 2.75) is 45.7 Å². The second kappa shape index (κ2) is 10.8. The summed E-state index contributed by atoms with van der Waals surface area (Å²) in [5.41, 5.74) is 1.18. The molecule has 0 radical (unpaired) electrons. The van der Waals surface area contributed by atoms with Gasteiger partial charge in [0.1, 0.15) is 0 Å². The molecule has 162 valence electrons. The number of aromatic nitrogens is 2. The average Bonchev–Trinajstić information content (AvgIpc) is 2.70. The predicted molar refractivity (Wildman–Crippen MR) is 107 cm³/mol. The van der Waals surface area contributed by atoms with Crippen molar-refractivity contribution >= 4 is 0 Å². The topological polar surface area (TPSA) is 55.0 Å². The maximum atomic E-state index is 13.5. The maximum Gasteiger partial charge on any atom is 0.412 e. The number of benzene rings is 1. The lowest BCUT2D eigenvalue weighted by molar-refractivity contribution is -0.0940. The number of H-pyrrole nitrogens is 1. The fourth-order valence-electron chi connectivity index (χ4n) is 2.82. The van der Waals surface area contributed by atoms with E-state index in [4.69, 9.17) is 4.74 Å². The van der Waals surface area contributed by atoms with Crippen molar-refractivity contribution in [3.05, 3.63) is 81.2 Å². The second-order valence-electron chi connectivity index (χ2n) is 6.74. The lowest BCUT2D eigenvalue weighted by atomic mass is 9.99. The molecule has 4 nitrogen and oxygen atoms in total. The van der Waals surface area contributed by atoms with Crippen molar-refractivity contribution < 1.29 is 22.3 Å². The smallest absolute Gasteiger partial charge is 0.412 e. The minimum atomic E-state index is -4.33. The standard InChI is InChI=1S/C22H24F4N2O2/c1-3-5-18(22(24,25)26)13-15(4-2)12-17-8-6-16(7-9-17)10-11-30-20-19(23)14-27-21(29)28-20/h4,6-9,13-14H,3,5,10-12H2,1-2H3,(H,27,28,29)/b15-4-,18-13+. The summed E-state index contributed by atoms with van der Waals surface area (Å²) in [6, 6.07) is 7.37. The molecule has 0 saturated carbocycles. The highest BCUT2D eigenvalue weighted by atomic mass is 19.4. The van der Waals surface area contributed by atoms with Gasteiger partial charge in [-0.25, -0.2) is 4.79 Å². The molecule has 1 aromatic heterocycles. The Morgan fingerprint density at radius 2 is 1.87 bits per heavy atom. The summed E-state index contributed by atoms with van der Waals surface area (Å²) in [6.07, 6.45) is 0.658. The number of ether oxygens (including phenoxy) is 1. The SMILES string of the molecule is C/C=C(\C=C(/CCC)C(F)(F)F)Cc1ccc(CCOc2[nH]c(=O)ncc2F)cc1. The van der Waals surface area contributed by atoms with Gasteiger partial charge in [0.2, 0.25) is 11.7 Å². The third-order valence-corrected chi connectivity index (χ3v) is 4.41. The Balaban J connectivity index is 1.97. The first kappa shape index (κ1) is 23.4. The van der Waals surface area contributed by atoms with Crippen LogP contribution in [0.5, 0.6) is 5.88 Å². The van der Waals surface area contributed by atoms with Gasteiger partial charge in [0.05, 0.1) is 12.8 Å². The number of halogens is 4. The van der Waals surface area contributed by atoms with Crippen LogP contribution in [0.1, 0.15) is 37.8 Å². The van der Waals surface area contributed by atoms with Crippen LogP contribution in [0.4, 0.5) is 17.6 Å². The first-order valence-corrected chi connectivity index (χ1v) is 9.61. The van der Waals surface area contributed by atoms with Crippen LogP contribution in [0.15, 0.2) is 58.6 Å². The van der Waals surface area contributed by atoms with E-state index < -0.39 is 23.3 Å². The number of nitrogens with one attached hydrogen (secondary N) is 1. The van der Waals surface area contributed by atoms with Gasteiger partial charge in [-0.2, -0.15) is 22.5 Å². The minimum absolute atomic E-state index is 0.0108. The first-order chi connectivity index (χ1) is 14.2. The summed E-state index contributed by atoms with van der Waals surface area (Å²) in [4.78, 5) is 16.5. The molecule has 30 heavy (non-hydrogen) atoms. The van der Waals surface area contributed by atoms with E-state index in [1.807, 2.05) is 24.3 Å². The lowest BCUT2D eigenvalue weighted by Crippen LogP contribution is -2.14. The van der Waals surface area contributed by atoms with Crippen LogP contribution >= 0.6 is 0 Å². The zero-order valence-electron chi connectivity index (χ0n) is 16.9. The van der Waals surface area contributed by atoms with Gasteiger partial charge in [-0.05, 0) is 36.5 Å². The number of nitrogens with zero attached hydrogens (tertiary/aromatic N) is 1. The van der Waals surface area contributed by atoms with E-state index in [0.717, 1.165) is 17.3 Å². The summed E-state index contributed by atoms with van der Waals surface area (Å²) >= 11 is 0. The zero-order valence-corrected chi connectivity index (χ0v) is 16.9. The Labute approximate surface area is 172 Å². The molecule has 2 rings (SSSR count). The van der Waals surface area contributed by atoms with Gasteiger partial charge in [0.25, 0.3) is 0 Å². The summed E-state index contributed by atoms with van der Waals surface area (Å²) in [5, 5.41) is 0. The molecule has 8 heteroatoms. The first-order valence-electron chi connectivity index (χ1n) is 9.61. The van der Waals surface area contributed by atoms with Crippen LogP contribution in [0.25, 0.3) is 0 Å². The molecule has 2 aromatic rings. The van der Waals surface area contributed by atoms with Crippen molar-refractivity contribution in [3.8, 4) is 5.88 Å². The van der Waals surface area contributed by atoms with Gasteiger partial charge in [0.15, 0.2) is 0 Å². The van der Waals surface area contributed by atoms with Crippen molar-refractivity contribution in [2.24, 2.45) is 0 Å². The third kappa shape index (κ3) is 7.17. The van der Waals surface area contributed by atoms with E-state index >= 15 is 0 Å². The molecule has 0 bridgehead atoms. The molecule has 0 atom stereocenters. The maximum absolute atomic E-state index is 13.5. The van der Waals surface area contributed by atoms with E-state index in [2.05, 4.69) is 9.97 Å². The molecular weight excluding hydrogens is 400 g/mol. The average molecular weight is 424 g/mol. The van der Waals surface area contributed by atoms with Gasteiger partial charge in [-0.3, -0.25) is 4.98 Å². The molecule has 1 aromatic carbocycles. The van der Waals surface area contributed by atoms with E-state index in [9.17, 15) is 22.4 Å². The molecule has 0 spiro atoms. The third-order valence-electron chi connectivity index (χ3n) is 4.41. The van der Waals surface area contributed by atoms with Gasteiger partial charge >= 0.3 is 11.9 Å². The van der Waals surface area contributed by atoms with Crippen molar-refractivity contribution in [1.29, 1.82) is 0 Å². The Kier molecular flexibility index (Phi) is 8.38. The molecule has 0 aliphatic carbocycles. The highest BCUT2D eigenvalue weighted by Crippen LogP contribution is 2.30. The van der Waals surface area contributed by atoms with Gasteiger partial charge < -0.3 is 4.74 Å². The monoisotopic (exact) mass is 424 g/mol. The molecular formula is C22H24F4N2O2. The molecule has 0 fully saturated rings. The normalized spacial score (nSPS) is 12.9. The van der Waals surface area contributed by atoms with Crippen molar-refractivity contribution in [1.82, 2.24) is 9.97 Å². The number of allylic oxidation sites excluding steroid dienone is 4. The van der Waals surface area contributed by atoms with E-state index in [1.54, 1.807) is 19.9 Å². The highest BCUT2D eigenvalue weighted by Gasteiger charge is 2.32. The van der Waals surface area contributed by atoms with Crippen LogP contribution in [0.3, 0.4) is 0 Å². The van der Waals surface area contributed by atoms with Crippen LogP contribution in [0.2, 0.25) is 0 Å². The zero-order chi connectivity index (χ0) is 22.1. The Morgan fingerprint density at radius 1 is 1.20 bits per heavy atom. The number of alkyl halides is 3. The number of rotatable bonds is 9. The molecule has 0 aliphatic rings. The van der Waals surface area contributed by atoms with Crippen LogP contribution in [0, 0.1) is 5.82 Å². The van der Waals surface area contributed by atoms with Crippen LogP contribution in [-0.4, -0.2) is 22.8 Å². The van der Waals surface area contributed by atoms with E-state index in [1.165, 1.54) is 6.08 Å². The summed E-state index contributed by atoms with van der Waals surface area (Å²) in [6.45, 7) is 3.59. The molecule has 0 aliphatic heterocycles. The summed E-state index contributed by atoms with van der Waals surface area (Å²) in [7, 11) is 0. The molecule has 0 saturated heterocycles. The summed E-state index contributed by atoms with van der Waals surface area (Å²) < 4.78 is 58.1. The Bertz CT molecular complexity index is 945. The lowest BCUT2D eigenvalue weighted by Gasteiger charge is -2.12. The summed E-state index contributed by atoms with van der Waals surface area (Å²) in [5.74, 6) is -1.01. The number of hydrogen-bond acceptors (Lipinski definition) is 3. The highest BCUT2D eigenvalue weighted by molar-refractivity contribution is 5.33. The fraction of sp³-hybridized carbons (Fsp3) is 0.364. The van der Waals surface area contributed by atoms with Crippen molar-refractivity contribution in [2.75, 3.05) is 6.61 Å². The largest absolute Gasteiger partial charge is 0.476 e. The number of hydrogen-bond donors (Lipinski definition) is 1. The molecule has 0 unspecified atom stereocenters.